The van der Waals surface area contributed by atoms with Crippen molar-refractivity contribution in [2.24, 2.45) is 5.92 Å². The number of ether oxygens (including phenoxy) is 2. The van der Waals surface area contributed by atoms with Crippen LogP contribution in [-0.4, -0.2) is 49.5 Å². The van der Waals surface area contributed by atoms with Crippen molar-refractivity contribution in [3.63, 3.8) is 0 Å². The van der Waals surface area contributed by atoms with Crippen LogP contribution in [0.1, 0.15) is 12.8 Å². The first-order valence-electron chi connectivity index (χ1n) is 7.89. The van der Waals surface area contributed by atoms with Gasteiger partial charge in [0.15, 0.2) is 5.82 Å². The molecular weight excluding hydrogens is 296 g/mol. The Bertz CT molecular complexity index is 664. The summed E-state index contributed by atoms with van der Waals surface area (Å²) in [5.74, 6) is 1.28. The molecule has 3 N–H and O–H groups in total. The van der Waals surface area contributed by atoms with Crippen LogP contribution in [-0.2, 0) is 9.53 Å². The summed E-state index contributed by atoms with van der Waals surface area (Å²) in [6, 6.07) is 5.64. The average Bonchev–Trinajstić information content (AvgIpc) is 2.98. The van der Waals surface area contributed by atoms with E-state index < -0.39 is 0 Å². The smallest absolute Gasteiger partial charge is 0.229 e. The lowest BCUT2D eigenvalue weighted by atomic mass is 9.99. The first-order chi connectivity index (χ1) is 11.3. The molecule has 1 aromatic heterocycles. The minimum atomic E-state index is -0.00312. The Morgan fingerprint density at radius 1 is 1.43 bits per heavy atom. The van der Waals surface area contributed by atoms with Gasteiger partial charge in [0.2, 0.25) is 5.91 Å². The second kappa shape index (κ2) is 7.43. The highest BCUT2D eigenvalue weighted by atomic mass is 16.5. The van der Waals surface area contributed by atoms with Gasteiger partial charge < -0.3 is 20.1 Å². The van der Waals surface area contributed by atoms with Gasteiger partial charge in [-0.1, -0.05) is 0 Å². The molecule has 0 aliphatic carbocycles. The van der Waals surface area contributed by atoms with Crippen LogP contribution < -0.4 is 15.4 Å². The summed E-state index contributed by atoms with van der Waals surface area (Å²) in [4.78, 5) is 12.4. The lowest BCUT2D eigenvalue weighted by Gasteiger charge is -2.21. The second-order valence-electron chi connectivity index (χ2n) is 5.65. The molecule has 1 aromatic carbocycles. The molecule has 1 amide bonds. The summed E-state index contributed by atoms with van der Waals surface area (Å²) in [5.41, 5.74) is 0.862. The van der Waals surface area contributed by atoms with Gasteiger partial charge in [-0.2, -0.15) is 5.10 Å². The molecule has 1 aliphatic rings. The van der Waals surface area contributed by atoms with E-state index in [-0.39, 0.29) is 11.8 Å². The molecule has 0 unspecified atom stereocenters. The molecular formula is C16H22N4O3. The van der Waals surface area contributed by atoms with Crippen molar-refractivity contribution in [3.8, 4) is 5.75 Å². The third-order valence-electron chi connectivity index (χ3n) is 4.00. The van der Waals surface area contributed by atoms with Gasteiger partial charge in [0.05, 0.1) is 18.0 Å². The maximum atomic E-state index is 12.4. The lowest BCUT2D eigenvalue weighted by Crippen LogP contribution is -2.37. The van der Waals surface area contributed by atoms with Crippen LogP contribution in [0.3, 0.4) is 0 Å². The summed E-state index contributed by atoms with van der Waals surface area (Å²) in [6.07, 6.45) is 1.93. The van der Waals surface area contributed by atoms with Gasteiger partial charge in [0.1, 0.15) is 12.4 Å². The van der Waals surface area contributed by atoms with Crippen LogP contribution >= 0.6 is 0 Å². The number of anilines is 1. The number of H-pyrrole nitrogens is 1. The largest absolute Gasteiger partial charge is 0.491 e. The van der Waals surface area contributed by atoms with Crippen molar-refractivity contribution in [3.05, 3.63) is 18.2 Å². The molecule has 1 aliphatic heterocycles. The number of nitrogens with zero attached hydrogens (tertiary/aromatic N) is 1. The quantitative estimate of drug-likeness (QED) is 0.703. The average molecular weight is 318 g/mol. The van der Waals surface area contributed by atoms with E-state index in [2.05, 4.69) is 20.8 Å². The van der Waals surface area contributed by atoms with Crippen molar-refractivity contribution in [2.45, 2.75) is 12.8 Å². The van der Waals surface area contributed by atoms with Gasteiger partial charge >= 0.3 is 0 Å². The minimum absolute atomic E-state index is 0.00312. The zero-order chi connectivity index (χ0) is 16.1. The number of benzene rings is 1. The van der Waals surface area contributed by atoms with Crippen molar-refractivity contribution in [2.75, 3.05) is 38.7 Å². The zero-order valence-electron chi connectivity index (χ0n) is 13.2. The Balaban J connectivity index is 1.72. The van der Waals surface area contributed by atoms with Crippen molar-refractivity contribution < 1.29 is 14.3 Å². The number of hydrogen-bond acceptors (Lipinski definition) is 5. The molecule has 0 radical (unpaired) electrons. The van der Waals surface area contributed by atoms with Crippen LogP contribution in [0.4, 0.5) is 5.82 Å². The van der Waals surface area contributed by atoms with Gasteiger partial charge in [-0.3, -0.25) is 9.89 Å². The highest BCUT2D eigenvalue weighted by Crippen LogP contribution is 2.26. The number of carbonyl (C=O) groups is 1. The highest BCUT2D eigenvalue weighted by molar-refractivity contribution is 6.00. The van der Waals surface area contributed by atoms with E-state index in [0.29, 0.717) is 19.0 Å². The second-order valence-corrected chi connectivity index (χ2v) is 5.65. The zero-order valence-corrected chi connectivity index (χ0v) is 13.2. The molecule has 1 atom stereocenters. The van der Waals surface area contributed by atoms with Gasteiger partial charge in [-0.25, -0.2) is 0 Å². The fraction of sp³-hybridized carbons (Fsp3) is 0.500. The topological polar surface area (TPSA) is 88.3 Å². The Morgan fingerprint density at radius 2 is 2.35 bits per heavy atom. The van der Waals surface area contributed by atoms with Gasteiger partial charge in [-0.15, -0.1) is 0 Å². The Hall–Kier alpha value is -2.12. The van der Waals surface area contributed by atoms with E-state index in [9.17, 15) is 4.79 Å². The number of aromatic amines is 1. The van der Waals surface area contributed by atoms with E-state index in [0.717, 1.165) is 42.6 Å². The van der Waals surface area contributed by atoms with Gasteiger partial charge in [0.25, 0.3) is 0 Å². The maximum Gasteiger partial charge on any atom is 0.229 e. The van der Waals surface area contributed by atoms with Crippen molar-refractivity contribution in [1.82, 2.24) is 15.5 Å². The molecule has 124 valence electrons. The monoisotopic (exact) mass is 318 g/mol. The predicted molar refractivity (Wildman–Crippen MR) is 87.7 cm³/mol. The molecule has 23 heavy (non-hydrogen) atoms. The molecule has 0 bridgehead atoms. The molecule has 2 aromatic rings. The van der Waals surface area contributed by atoms with E-state index in [1.165, 1.54) is 0 Å². The molecule has 2 heterocycles. The Morgan fingerprint density at radius 3 is 3.13 bits per heavy atom. The fourth-order valence-electron chi connectivity index (χ4n) is 2.72. The third kappa shape index (κ3) is 3.80. The summed E-state index contributed by atoms with van der Waals surface area (Å²) >= 11 is 0. The molecule has 1 fully saturated rings. The fourth-order valence-corrected chi connectivity index (χ4v) is 2.72. The number of carbonyl (C=O) groups excluding carboxylic acids is 1. The first-order valence-corrected chi connectivity index (χ1v) is 7.89. The van der Waals surface area contributed by atoms with Gasteiger partial charge in [-0.05, 0) is 37.6 Å². The minimum Gasteiger partial charge on any atom is -0.491 e. The van der Waals surface area contributed by atoms with Gasteiger partial charge in [0, 0.05) is 19.0 Å². The number of piperidine rings is 1. The molecule has 1 saturated heterocycles. The summed E-state index contributed by atoms with van der Waals surface area (Å²) in [5, 5.41) is 14.2. The molecule has 3 rings (SSSR count). The molecule has 7 heteroatoms. The number of amides is 1. The van der Waals surface area contributed by atoms with Crippen LogP contribution in [0.5, 0.6) is 5.75 Å². The molecule has 0 saturated carbocycles. The predicted octanol–water partition coefficient (Wildman–Crippen LogP) is 1.53. The maximum absolute atomic E-state index is 12.4. The van der Waals surface area contributed by atoms with E-state index in [1.54, 1.807) is 7.11 Å². The highest BCUT2D eigenvalue weighted by Gasteiger charge is 2.22. The number of hydrogen-bond donors (Lipinski definition) is 3. The Labute approximate surface area is 134 Å². The molecule has 0 spiro atoms. The third-order valence-corrected chi connectivity index (χ3v) is 4.00. The Kier molecular flexibility index (Phi) is 5.09. The van der Waals surface area contributed by atoms with E-state index in [4.69, 9.17) is 9.47 Å². The normalized spacial score (nSPS) is 18.0. The number of fused-ring (bicyclic) bond motifs is 1. The van der Waals surface area contributed by atoms with Crippen LogP contribution in [0.25, 0.3) is 10.9 Å². The number of nitrogens with one attached hydrogen (secondary N) is 3. The van der Waals surface area contributed by atoms with Crippen LogP contribution in [0.15, 0.2) is 18.2 Å². The van der Waals surface area contributed by atoms with Crippen LogP contribution in [0.2, 0.25) is 0 Å². The van der Waals surface area contributed by atoms with E-state index >= 15 is 0 Å². The van der Waals surface area contributed by atoms with Crippen LogP contribution in [0, 0.1) is 5.92 Å². The number of rotatable bonds is 6. The lowest BCUT2D eigenvalue weighted by molar-refractivity contribution is -0.120. The number of aromatic nitrogens is 2. The van der Waals surface area contributed by atoms with Crippen molar-refractivity contribution in [1.29, 1.82) is 0 Å². The summed E-state index contributed by atoms with van der Waals surface area (Å²) in [7, 11) is 1.64. The number of methoxy groups -OCH3 is 1. The SMILES string of the molecule is COCCOc1ccc2[nH]nc(NC(=O)[C@@H]3CCCNC3)c2c1. The molecule has 7 nitrogen and oxygen atoms in total. The first kappa shape index (κ1) is 15.8. The standard InChI is InChI=1S/C16H22N4O3/c1-22-7-8-23-12-4-5-14-13(9-12)15(20-19-14)18-16(21)11-3-2-6-17-10-11/h4-5,9,11,17H,2-3,6-8,10H2,1H3,(H2,18,19,20,21)/t11-/m1/s1. The van der Waals surface area contributed by atoms with E-state index in [1.807, 2.05) is 18.2 Å². The van der Waals surface area contributed by atoms with Crippen molar-refractivity contribution >= 4 is 22.6 Å². The summed E-state index contributed by atoms with van der Waals surface area (Å²) in [6.45, 7) is 2.72. The summed E-state index contributed by atoms with van der Waals surface area (Å²) < 4.78 is 10.6.